The molecule has 1 aromatic rings. The maximum absolute atomic E-state index is 12.0. The van der Waals surface area contributed by atoms with Gasteiger partial charge in [0.1, 0.15) is 5.01 Å². The first-order valence-corrected chi connectivity index (χ1v) is 6.48. The van der Waals surface area contributed by atoms with Crippen LogP contribution in [0, 0.1) is 0 Å². The Balaban J connectivity index is 2.23. The number of halogens is 3. The van der Waals surface area contributed by atoms with E-state index in [0.29, 0.717) is 6.42 Å². The minimum atomic E-state index is -4.04. The van der Waals surface area contributed by atoms with Gasteiger partial charge < -0.3 is 5.32 Å². The Bertz CT molecular complexity index is 311. The quantitative estimate of drug-likeness (QED) is 0.844. The van der Waals surface area contributed by atoms with Crippen LogP contribution in [0.4, 0.5) is 13.2 Å². The molecule has 1 heterocycles. The van der Waals surface area contributed by atoms with Gasteiger partial charge in [-0.05, 0) is 26.7 Å². The van der Waals surface area contributed by atoms with E-state index >= 15 is 0 Å². The molecule has 17 heavy (non-hydrogen) atoms. The van der Waals surface area contributed by atoms with Gasteiger partial charge in [-0.3, -0.25) is 0 Å². The monoisotopic (exact) mass is 266 g/mol. The largest absolute Gasteiger partial charge is 0.389 e. The molecule has 0 amide bonds. The van der Waals surface area contributed by atoms with Crippen molar-refractivity contribution < 1.29 is 13.2 Å². The van der Waals surface area contributed by atoms with E-state index in [0.717, 1.165) is 5.01 Å². The van der Waals surface area contributed by atoms with Crippen molar-refractivity contribution in [2.24, 2.45) is 0 Å². The molecule has 2 atom stereocenters. The van der Waals surface area contributed by atoms with Crippen LogP contribution in [0.3, 0.4) is 0 Å². The lowest BCUT2D eigenvalue weighted by atomic mass is 10.1. The molecule has 0 aliphatic carbocycles. The fraction of sp³-hybridized carbons (Fsp3) is 0.727. The van der Waals surface area contributed by atoms with E-state index in [1.165, 1.54) is 0 Å². The first kappa shape index (κ1) is 14.4. The van der Waals surface area contributed by atoms with Crippen molar-refractivity contribution in [2.45, 2.75) is 51.4 Å². The number of alkyl halides is 3. The highest BCUT2D eigenvalue weighted by molar-refractivity contribution is 7.09. The standard InChI is InChI=1S/C11H17F3N2S/c1-8(4-3-5-11(12,13)14)16-9(2)10-15-6-7-17-10/h6-9,16H,3-5H2,1-2H3. The highest BCUT2D eigenvalue weighted by atomic mass is 32.1. The van der Waals surface area contributed by atoms with Crippen LogP contribution in [0.25, 0.3) is 0 Å². The first-order valence-electron chi connectivity index (χ1n) is 5.60. The number of rotatable bonds is 6. The third kappa shape index (κ3) is 6.02. The van der Waals surface area contributed by atoms with Gasteiger partial charge in [-0.25, -0.2) is 4.98 Å². The number of hydrogen-bond donors (Lipinski definition) is 1. The normalized spacial score (nSPS) is 15.8. The second kappa shape index (κ2) is 6.35. The fourth-order valence-corrected chi connectivity index (χ4v) is 2.29. The van der Waals surface area contributed by atoms with Gasteiger partial charge in [0.15, 0.2) is 0 Å². The number of nitrogens with one attached hydrogen (secondary N) is 1. The van der Waals surface area contributed by atoms with Gasteiger partial charge >= 0.3 is 6.18 Å². The van der Waals surface area contributed by atoms with Gasteiger partial charge in [0.25, 0.3) is 0 Å². The minimum Gasteiger partial charge on any atom is -0.306 e. The third-order valence-corrected chi connectivity index (χ3v) is 3.41. The Morgan fingerprint density at radius 2 is 2.12 bits per heavy atom. The second-order valence-corrected chi connectivity index (χ2v) is 5.09. The minimum absolute atomic E-state index is 0.0660. The van der Waals surface area contributed by atoms with E-state index in [2.05, 4.69) is 10.3 Å². The summed E-state index contributed by atoms with van der Waals surface area (Å²) in [4.78, 5) is 4.16. The average molecular weight is 266 g/mol. The van der Waals surface area contributed by atoms with Gasteiger partial charge in [0.05, 0.1) is 6.04 Å². The smallest absolute Gasteiger partial charge is 0.306 e. The average Bonchev–Trinajstić information content (AvgIpc) is 2.67. The summed E-state index contributed by atoms with van der Waals surface area (Å²) in [5, 5.41) is 6.11. The summed E-state index contributed by atoms with van der Waals surface area (Å²) in [5.74, 6) is 0. The number of aromatic nitrogens is 1. The Kier molecular flexibility index (Phi) is 5.39. The third-order valence-electron chi connectivity index (χ3n) is 2.45. The molecular formula is C11H17F3N2S. The lowest BCUT2D eigenvalue weighted by Gasteiger charge is -2.18. The van der Waals surface area contributed by atoms with Crippen molar-refractivity contribution in [1.29, 1.82) is 0 Å². The summed E-state index contributed by atoms with van der Waals surface area (Å²) in [5.41, 5.74) is 0. The summed E-state index contributed by atoms with van der Waals surface area (Å²) >= 11 is 1.55. The Labute approximate surface area is 103 Å². The van der Waals surface area contributed by atoms with E-state index in [1.54, 1.807) is 17.5 Å². The summed E-state index contributed by atoms with van der Waals surface area (Å²) in [6, 6.07) is 0.159. The number of hydrogen-bond acceptors (Lipinski definition) is 3. The van der Waals surface area contributed by atoms with Crippen molar-refractivity contribution in [3.63, 3.8) is 0 Å². The molecule has 1 N–H and O–H groups in total. The van der Waals surface area contributed by atoms with Crippen LogP contribution in [0.2, 0.25) is 0 Å². The van der Waals surface area contributed by atoms with Crippen molar-refractivity contribution in [2.75, 3.05) is 0 Å². The van der Waals surface area contributed by atoms with Gasteiger partial charge in [-0.2, -0.15) is 13.2 Å². The molecule has 0 radical (unpaired) electrons. The Morgan fingerprint density at radius 3 is 2.65 bits per heavy atom. The SMILES string of the molecule is CC(CCCC(F)(F)F)NC(C)c1nccs1. The molecule has 2 nitrogen and oxygen atoms in total. The van der Waals surface area contributed by atoms with Crippen molar-refractivity contribution in [1.82, 2.24) is 10.3 Å². The maximum Gasteiger partial charge on any atom is 0.389 e. The molecule has 0 saturated heterocycles. The molecule has 0 aliphatic heterocycles. The maximum atomic E-state index is 12.0. The molecule has 0 fully saturated rings. The van der Waals surface area contributed by atoms with Crippen molar-refractivity contribution >= 4 is 11.3 Å². The molecule has 0 spiro atoms. The first-order chi connectivity index (χ1) is 7.88. The Morgan fingerprint density at radius 1 is 1.41 bits per heavy atom. The zero-order valence-electron chi connectivity index (χ0n) is 9.92. The van der Waals surface area contributed by atoms with Crippen LogP contribution >= 0.6 is 11.3 Å². The summed E-state index contributed by atoms with van der Waals surface area (Å²) in [6.07, 6.45) is -2.32. The molecule has 2 unspecified atom stereocenters. The zero-order chi connectivity index (χ0) is 12.9. The van der Waals surface area contributed by atoms with Gasteiger partial charge in [-0.1, -0.05) is 0 Å². The van der Waals surface area contributed by atoms with Crippen LogP contribution in [-0.4, -0.2) is 17.2 Å². The van der Waals surface area contributed by atoms with E-state index in [4.69, 9.17) is 0 Å². The summed E-state index contributed by atoms with van der Waals surface area (Å²) in [7, 11) is 0. The Hall–Kier alpha value is -0.620. The number of nitrogens with zero attached hydrogens (tertiary/aromatic N) is 1. The van der Waals surface area contributed by atoms with Gasteiger partial charge in [0.2, 0.25) is 0 Å². The van der Waals surface area contributed by atoms with E-state index in [9.17, 15) is 13.2 Å². The van der Waals surface area contributed by atoms with E-state index in [-0.39, 0.29) is 18.5 Å². The van der Waals surface area contributed by atoms with Crippen LogP contribution in [0.1, 0.15) is 44.2 Å². The van der Waals surface area contributed by atoms with E-state index < -0.39 is 12.6 Å². The van der Waals surface area contributed by atoms with Crippen LogP contribution < -0.4 is 5.32 Å². The lowest BCUT2D eigenvalue weighted by molar-refractivity contribution is -0.135. The molecule has 1 rings (SSSR count). The highest BCUT2D eigenvalue weighted by Crippen LogP contribution is 2.23. The summed E-state index contributed by atoms with van der Waals surface area (Å²) in [6.45, 7) is 3.87. The molecule has 6 heteroatoms. The second-order valence-electron chi connectivity index (χ2n) is 4.17. The van der Waals surface area contributed by atoms with Gasteiger partial charge in [-0.15, -0.1) is 11.3 Å². The number of thiazole rings is 1. The molecule has 0 aromatic carbocycles. The fourth-order valence-electron chi connectivity index (χ4n) is 1.64. The predicted octanol–water partition coefficient (Wildman–Crippen LogP) is 3.91. The van der Waals surface area contributed by atoms with Crippen molar-refractivity contribution in [3.8, 4) is 0 Å². The topological polar surface area (TPSA) is 24.9 Å². The molecule has 0 bridgehead atoms. The summed E-state index contributed by atoms with van der Waals surface area (Å²) < 4.78 is 35.9. The van der Waals surface area contributed by atoms with Crippen LogP contribution in [0.5, 0.6) is 0 Å². The lowest BCUT2D eigenvalue weighted by Crippen LogP contribution is -2.29. The van der Waals surface area contributed by atoms with E-state index in [1.807, 2.05) is 19.2 Å². The van der Waals surface area contributed by atoms with Gasteiger partial charge in [0, 0.05) is 24.0 Å². The molecule has 1 aromatic heterocycles. The highest BCUT2D eigenvalue weighted by Gasteiger charge is 2.26. The van der Waals surface area contributed by atoms with Crippen LogP contribution in [0.15, 0.2) is 11.6 Å². The predicted molar refractivity (Wildman–Crippen MR) is 63.0 cm³/mol. The molecular weight excluding hydrogens is 249 g/mol. The van der Waals surface area contributed by atoms with Crippen molar-refractivity contribution in [3.05, 3.63) is 16.6 Å². The molecule has 98 valence electrons. The zero-order valence-corrected chi connectivity index (χ0v) is 10.7. The molecule has 0 aliphatic rings. The van der Waals surface area contributed by atoms with Crippen LogP contribution in [-0.2, 0) is 0 Å². The molecule has 0 saturated carbocycles.